The lowest BCUT2D eigenvalue weighted by atomic mass is 9.95. The zero-order valence-corrected chi connectivity index (χ0v) is 13.4. The summed E-state index contributed by atoms with van der Waals surface area (Å²) in [6, 6.07) is 0.665. The molecule has 0 atom stereocenters. The number of anilines is 1. The van der Waals surface area contributed by atoms with Crippen LogP contribution in [0.15, 0.2) is 6.20 Å². The standard InChI is InChI=1S/C16H30N4/c1-4-14-13-20(15-9-6-5-7-10-15)16(18-14)19(3)12-8-11-17-2/h13,15,17H,4-12H2,1-3H3. The van der Waals surface area contributed by atoms with Gasteiger partial charge in [0, 0.05) is 25.8 Å². The Hall–Kier alpha value is -1.03. The van der Waals surface area contributed by atoms with Gasteiger partial charge in [0.05, 0.1) is 5.69 Å². The molecule has 0 bridgehead atoms. The van der Waals surface area contributed by atoms with E-state index in [4.69, 9.17) is 4.98 Å². The molecule has 1 heterocycles. The van der Waals surface area contributed by atoms with Crippen LogP contribution in [0, 0.1) is 0 Å². The maximum Gasteiger partial charge on any atom is 0.205 e. The van der Waals surface area contributed by atoms with E-state index in [1.54, 1.807) is 0 Å². The molecule has 0 radical (unpaired) electrons. The fourth-order valence-electron chi connectivity index (χ4n) is 3.11. The van der Waals surface area contributed by atoms with Gasteiger partial charge in [-0.3, -0.25) is 0 Å². The maximum atomic E-state index is 4.85. The molecule has 20 heavy (non-hydrogen) atoms. The lowest BCUT2D eigenvalue weighted by Gasteiger charge is -2.27. The Balaban J connectivity index is 2.10. The van der Waals surface area contributed by atoms with E-state index in [0.29, 0.717) is 6.04 Å². The van der Waals surface area contributed by atoms with Gasteiger partial charge >= 0.3 is 0 Å². The lowest BCUT2D eigenvalue weighted by molar-refractivity contribution is 0.353. The Kier molecular flexibility index (Phi) is 5.89. The van der Waals surface area contributed by atoms with Crippen LogP contribution in [0.3, 0.4) is 0 Å². The molecule has 1 N–H and O–H groups in total. The van der Waals surface area contributed by atoms with E-state index in [0.717, 1.165) is 25.9 Å². The van der Waals surface area contributed by atoms with E-state index in [1.807, 2.05) is 7.05 Å². The summed E-state index contributed by atoms with van der Waals surface area (Å²) < 4.78 is 2.46. The molecule has 0 aromatic carbocycles. The predicted molar refractivity (Wildman–Crippen MR) is 85.5 cm³/mol. The predicted octanol–water partition coefficient (Wildman–Crippen LogP) is 3.00. The molecule has 0 saturated heterocycles. The highest BCUT2D eigenvalue weighted by atomic mass is 15.3. The molecule has 114 valence electrons. The first-order chi connectivity index (χ1) is 9.76. The van der Waals surface area contributed by atoms with Crippen LogP contribution in [-0.2, 0) is 6.42 Å². The minimum atomic E-state index is 0.665. The van der Waals surface area contributed by atoms with Gasteiger partial charge in [-0.15, -0.1) is 0 Å². The van der Waals surface area contributed by atoms with Gasteiger partial charge in [-0.05, 0) is 39.3 Å². The largest absolute Gasteiger partial charge is 0.345 e. The molecule has 1 fully saturated rings. The summed E-state index contributed by atoms with van der Waals surface area (Å²) in [4.78, 5) is 7.18. The average Bonchev–Trinajstić information content (AvgIpc) is 2.93. The van der Waals surface area contributed by atoms with E-state index in [2.05, 4.69) is 35.0 Å². The second kappa shape index (κ2) is 7.67. The number of nitrogens with one attached hydrogen (secondary N) is 1. The molecular formula is C16H30N4. The summed E-state index contributed by atoms with van der Waals surface area (Å²) >= 11 is 0. The van der Waals surface area contributed by atoms with Crippen molar-refractivity contribution in [2.75, 3.05) is 32.1 Å². The lowest BCUT2D eigenvalue weighted by Crippen LogP contribution is -2.26. The van der Waals surface area contributed by atoms with Gasteiger partial charge in [-0.2, -0.15) is 0 Å². The smallest absolute Gasteiger partial charge is 0.205 e. The van der Waals surface area contributed by atoms with Gasteiger partial charge in [-0.1, -0.05) is 26.2 Å². The van der Waals surface area contributed by atoms with Crippen molar-refractivity contribution in [2.45, 2.75) is 57.9 Å². The van der Waals surface area contributed by atoms with Crippen LogP contribution in [0.25, 0.3) is 0 Å². The molecule has 1 aromatic heterocycles. The average molecular weight is 278 g/mol. The molecule has 1 aliphatic rings. The molecular weight excluding hydrogens is 248 g/mol. The number of rotatable bonds is 7. The fraction of sp³-hybridized carbons (Fsp3) is 0.812. The summed E-state index contributed by atoms with van der Waals surface area (Å²) in [6.45, 7) is 4.32. The summed E-state index contributed by atoms with van der Waals surface area (Å²) in [6.07, 6.45) is 11.2. The second-order valence-corrected chi connectivity index (χ2v) is 5.96. The first-order valence-corrected chi connectivity index (χ1v) is 8.19. The van der Waals surface area contributed by atoms with Crippen LogP contribution < -0.4 is 10.2 Å². The highest BCUT2D eigenvalue weighted by Crippen LogP contribution is 2.31. The number of aromatic nitrogens is 2. The second-order valence-electron chi connectivity index (χ2n) is 5.96. The first kappa shape index (κ1) is 15.4. The summed E-state index contributed by atoms with van der Waals surface area (Å²) in [5.41, 5.74) is 1.23. The van der Waals surface area contributed by atoms with Crippen molar-refractivity contribution < 1.29 is 0 Å². The summed E-state index contributed by atoms with van der Waals surface area (Å²) in [5.74, 6) is 1.17. The zero-order chi connectivity index (χ0) is 14.4. The van der Waals surface area contributed by atoms with Crippen LogP contribution in [-0.4, -0.2) is 36.7 Å². The molecule has 0 unspecified atom stereocenters. The molecule has 1 aromatic rings. The monoisotopic (exact) mass is 278 g/mol. The number of imidazole rings is 1. The molecule has 0 amide bonds. The van der Waals surface area contributed by atoms with Gasteiger partial charge in [0.15, 0.2) is 0 Å². The van der Waals surface area contributed by atoms with Crippen LogP contribution in [0.5, 0.6) is 0 Å². The van der Waals surface area contributed by atoms with Crippen molar-refractivity contribution in [1.82, 2.24) is 14.9 Å². The van der Waals surface area contributed by atoms with Gasteiger partial charge in [0.1, 0.15) is 0 Å². The topological polar surface area (TPSA) is 33.1 Å². The van der Waals surface area contributed by atoms with Crippen molar-refractivity contribution in [3.8, 4) is 0 Å². The Morgan fingerprint density at radius 1 is 1.35 bits per heavy atom. The third-order valence-corrected chi connectivity index (χ3v) is 4.35. The summed E-state index contributed by atoms with van der Waals surface area (Å²) in [5, 5.41) is 3.22. The normalized spacial score (nSPS) is 16.6. The van der Waals surface area contributed by atoms with Crippen LogP contribution in [0.2, 0.25) is 0 Å². The molecule has 2 rings (SSSR count). The maximum absolute atomic E-state index is 4.85. The van der Waals surface area contributed by atoms with Crippen LogP contribution >= 0.6 is 0 Å². The van der Waals surface area contributed by atoms with Crippen molar-refractivity contribution in [3.05, 3.63) is 11.9 Å². The van der Waals surface area contributed by atoms with Gasteiger partial charge in [-0.25, -0.2) is 4.98 Å². The Morgan fingerprint density at radius 3 is 2.75 bits per heavy atom. The fourth-order valence-corrected chi connectivity index (χ4v) is 3.11. The van der Waals surface area contributed by atoms with E-state index < -0.39 is 0 Å². The Labute approximate surface area is 123 Å². The minimum Gasteiger partial charge on any atom is -0.345 e. The Bertz CT molecular complexity index is 393. The SMILES string of the molecule is CCc1cn(C2CCCCC2)c(N(C)CCCNC)n1. The van der Waals surface area contributed by atoms with E-state index in [9.17, 15) is 0 Å². The molecule has 0 aliphatic heterocycles. The third-order valence-electron chi connectivity index (χ3n) is 4.35. The minimum absolute atomic E-state index is 0.665. The van der Waals surface area contributed by atoms with Crippen molar-refractivity contribution >= 4 is 5.95 Å². The van der Waals surface area contributed by atoms with Crippen molar-refractivity contribution in [2.24, 2.45) is 0 Å². The zero-order valence-electron chi connectivity index (χ0n) is 13.4. The number of hydrogen-bond donors (Lipinski definition) is 1. The van der Waals surface area contributed by atoms with Crippen molar-refractivity contribution in [3.63, 3.8) is 0 Å². The quantitative estimate of drug-likeness (QED) is 0.778. The number of hydrogen-bond acceptors (Lipinski definition) is 3. The highest BCUT2D eigenvalue weighted by molar-refractivity contribution is 5.33. The van der Waals surface area contributed by atoms with Gasteiger partial charge in [0.25, 0.3) is 0 Å². The molecule has 1 aliphatic carbocycles. The highest BCUT2D eigenvalue weighted by Gasteiger charge is 2.20. The molecule has 4 heteroatoms. The first-order valence-electron chi connectivity index (χ1n) is 8.19. The van der Waals surface area contributed by atoms with Gasteiger partial charge < -0.3 is 14.8 Å². The van der Waals surface area contributed by atoms with E-state index in [-0.39, 0.29) is 0 Å². The summed E-state index contributed by atoms with van der Waals surface area (Å²) in [7, 11) is 4.19. The van der Waals surface area contributed by atoms with E-state index >= 15 is 0 Å². The number of nitrogens with zero attached hydrogens (tertiary/aromatic N) is 3. The molecule has 0 spiro atoms. The van der Waals surface area contributed by atoms with Crippen LogP contribution in [0.1, 0.15) is 57.2 Å². The van der Waals surface area contributed by atoms with Crippen molar-refractivity contribution in [1.29, 1.82) is 0 Å². The van der Waals surface area contributed by atoms with E-state index in [1.165, 1.54) is 43.7 Å². The molecule has 4 nitrogen and oxygen atoms in total. The molecule has 1 saturated carbocycles. The van der Waals surface area contributed by atoms with Gasteiger partial charge in [0.2, 0.25) is 5.95 Å². The van der Waals surface area contributed by atoms with Crippen LogP contribution in [0.4, 0.5) is 5.95 Å². The Morgan fingerprint density at radius 2 is 2.10 bits per heavy atom. The third kappa shape index (κ3) is 3.75. The number of aryl methyl sites for hydroxylation is 1.